The van der Waals surface area contributed by atoms with Gasteiger partial charge in [0.15, 0.2) is 5.82 Å². The van der Waals surface area contributed by atoms with Gasteiger partial charge in [0.25, 0.3) is 0 Å². The van der Waals surface area contributed by atoms with Gasteiger partial charge >= 0.3 is 0 Å². The van der Waals surface area contributed by atoms with Gasteiger partial charge in [0.2, 0.25) is 0 Å². The van der Waals surface area contributed by atoms with Crippen molar-refractivity contribution in [3.05, 3.63) is 23.8 Å². The molecule has 2 heterocycles. The average Bonchev–Trinajstić information content (AvgIpc) is 2.39. The molecular formula is C11H17N3O2. The first kappa shape index (κ1) is 11.4. The zero-order chi connectivity index (χ0) is 11.4. The molecule has 1 aliphatic heterocycles. The van der Waals surface area contributed by atoms with Crippen molar-refractivity contribution >= 4 is 0 Å². The minimum Gasteiger partial charge on any atom is -0.384 e. The van der Waals surface area contributed by atoms with E-state index < -0.39 is 6.10 Å². The summed E-state index contributed by atoms with van der Waals surface area (Å²) in [5.41, 5.74) is 6.37. The summed E-state index contributed by atoms with van der Waals surface area (Å²) >= 11 is 0. The SMILES string of the molecule is NCC(O)c1nccc(C2CCOCC2)n1. The third-order valence-corrected chi connectivity index (χ3v) is 2.86. The van der Waals surface area contributed by atoms with Crippen LogP contribution in [0.4, 0.5) is 0 Å². The van der Waals surface area contributed by atoms with Crippen molar-refractivity contribution in [3.63, 3.8) is 0 Å². The van der Waals surface area contributed by atoms with Gasteiger partial charge in [-0.2, -0.15) is 0 Å². The zero-order valence-corrected chi connectivity index (χ0v) is 9.17. The van der Waals surface area contributed by atoms with Crippen LogP contribution in [0.25, 0.3) is 0 Å². The molecule has 0 spiro atoms. The van der Waals surface area contributed by atoms with Gasteiger partial charge in [-0.1, -0.05) is 0 Å². The first-order valence-corrected chi connectivity index (χ1v) is 5.60. The molecule has 1 aromatic heterocycles. The molecule has 2 rings (SSSR count). The predicted octanol–water partition coefficient (Wildman–Crippen LogP) is 0.363. The molecule has 3 N–H and O–H groups in total. The molecule has 1 fully saturated rings. The second-order valence-corrected chi connectivity index (χ2v) is 3.98. The number of nitrogens with two attached hydrogens (primary N) is 1. The average molecular weight is 223 g/mol. The van der Waals surface area contributed by atoms with E-state index >= 15 is 0 Å². The fourth-order valence-corrected chi connectivity index (χ4v) is 1.88. The van der Waals surface area contributed by atoms with Crippen molar-refractivity contribution in [1.29, 1.82) is 0 Å². The summed E-state index contributed by atoms with van der Waals surface area (Å²) < 4.78 is 5.31. The Balaban J connectivity index is 2.14. The Morgan fingerprint density at radius 2 is 2.25 bits per heavy atom. The van der Waals surface area contributed by atoms with Crippen LogP contribution in [0.5, 0.6) is 0 Å². The van der Waals surface area contributed by atoms with E-state index in [4.69, 9.17) is 10.5 Å². The number of ether oxygens (including phenoxy) is 1. The van der Waals surface area contributed by atoms with Crippen molar-refractivity contribution in [2.24, 2.45) is 5.73 Å². The lowest BCUT2D eigenvalue weighted by molar-refractivity contribution is 0.0842. The van der Waals surface area contributed by atoms with Gasteiger partial charge in [-0.15, -0.1) is 0 Å². The third kappa shape index (κ3) is 2.55. The highest BCUT2D eigenvalue weighted by molar-refractivity contribution is 5.10. The lowest BCUT2D eigenvalue weighted by Gasteiger charge is -2.21. The van der Waals surface area contributed by atoms with Gasteiger partial charge in [0.1, 0.15) is 6.10 Å². The first-order chi connectivity index (χ1) is 7.81. The molecule has 1 unspecified atom stereocenters. The Kier molecular flexibility index (Phi) is 3.82. The normalized spacial score (nSPS) is 19.6. The van der Waals surface area contributed by atoms with E-state index in [9.17, 15) is 5.11 Å². The van der Waals surface area contributed by atoms with Crippen molar-refractivity contribution in [1.82, 2.24) is 9.97 Å². The van der Waals surface area contributed by atoms with Crippen LogP contribution in [0.3, 0.4) is 0 Å². The molecule has 5 heteroatoms. The molecule has 1 saturated heterocycles. The fourth-order valence-electron chi connectivity index (χ4n) is 1.88. The summed E-state index contributed by atoms with van der Waals surface area (Å²) in [6, 6.07) is 1.91. The van der Waals surface area contributed by atoms with E-state index in [-0.39, 0.29) is 6.54 Å². The first-order valence-electron chi connectivity index (χ1n) is 5.60. The molecule has 0 bridgehead atoms. The van der Waals surface area contributed by atoms with Crippen LogP contribution in [0.2, 0.25) is 0 Å². The highest BCUT2D eigenvalue weighted by Crippen LogP contribution is 2.25. The fraction of sp³-hybridized carbons (Fsp3) is 0.636. The predicted molar refractivity (Wildman–Crippen MR) is 58.8 cm³/mol. The minimum atomic E-state index is -0.764. The van der Waals surface area contributed by atoms with Gasteiger partial charge in [0, 0.05) is 37.6 Å². The van der Waals surface area contributed by atoms with Crippen molar-refractivity contribution in [3.8, 4) is 0 Å². The highest BCUT2D eigenvalue weighted by atomic mass is 16.5. The smallest absolute Gasteiger partial charge is 0.158 e. The molecule has 1 aromatic rings. The van der Waals surface area contributed by atoms with Crippen molar-refractivity contribution in [2.75, 3.05) is 19.8 Å². The largest absolute Gasteiger partial charge is 0.384 e. The number of nitrogens with zero attached hydrogens (tertiary/aromatic N) is 2. The number of hydrogen-bond acceptors (Lipinski definition) is 5. The maximum absolute atomic E-state index is 9.58. The maximum Gasteiger partial charge on any atom is 0.158 e. The van der Waals surface area contributed by atoms with Gasteiger partial charge in [-0.25, -0.2) is 9.97 Å². The molecule has 16 heavy (non-hydrogen) atoms. The number of rotatable bonds is 3. The lowest BCUT2D eigenvalue weighted by atomic mass is 9.96. The summed E-state index contributed by atoms with van der Waals surface area (Å²) in [5, 5.41) is 9.58. The van der Waals surface area contributed by atoms with Gasteiger partial charge < -0.3 is 15.6 Å². The van der Waals surface area contributed by atoms with Crippen LogP contribution in [-0.4, -0.2) is 34.8 Å². The number of aliphatic hydroxyl groups excluding tert-OH is 1. The Labute approximate surface area is 94.7 Å². The highest BCUT2D eigenvalue weighted by Gasteiger charge is 2.18. The minimum absolute atomic E-state index is 0.150. The maximum atomic E-state index is 9.58. The summed E-state index contributed by atoms with van der Waals surface area (Å²) in [7, 11) is 0. The number of aromatic nitrogens is 2. The van der Waals surface area contributed by atoms with Crippen LogP contribution < -0.4 is 5.73 Å². The summed E-state index contributed by atoms with van der Waals surface area (Å²) in [5.74, 6) is 0.840. The van der Waals surface area contributed by atoms with Crippen molar-refractivity contribution in [2.45, 2.75) is 24.9 Å². The molecule has 88 valence electrons. The summed E-state index contributed by atoms with van der Waals surface area (Å²) in [6.07, 6.45) is 2.89. The van der Waals surface area contributed by atoms with Crippen molar-refractivity contribution < 1.29 is 9.84 Å². The molecule has 0 saturated carbocycles. The Bertz CT molecular complexity index is 340. The standard InChI is InChI=1S/C11H17N3O2/c12-7-10(15)11-13-4-1-9(14-11)8-2-5-16-6-3-8/h1,4,8,10,15H,2-3,5-7,12H2. The van der Waals surface area contributed by atoms with E-state index in [0.717, 1.165) is 31.7 Å². The van der Waals surface area contributed by atoms with Gasteiger partial charge in [0.05, 0.1) is 0 Å². The Morgan fingerprint density at radius 1 is 1.50 bits per heavy atom. The van der Waals surface area contributed by atoms with E-state index in [0.29, 0.717) is 11.7 Å². The molecule has 1 atom stereocenters. The molecule has 5 nitrogen and oxygen atoms in total. The van der Waals surface area contributed by atoms with E-state index in [1.165, 1.54) is 0 Å². The van der Waals surface area contributed by atoms with Crippen LogP contribution in [0, 0.1) is 0 Å². The second-order valence-electron chi connectivity index (χ2n) is 3.98. The third-order valence-electron chi connectivity index (χ3n) is 2.86. The van der Waals surface area contributed by atoms with E-state index in [2.05, 4.69) is 9.97 Å². The van der Waals surface area contributed by atoms with Gasteiger partial charge in [-0.3, -0.25) is 0 Å². The molecule has 0 aliphatic carbocycles. The van der Waals surface area contributed by atoms with E-state index in [1.54, 1.807) is 6.20 Å². The Hall–Kier alpha value is -1.04. The summed E-state index contributed by atoms with van der Waals surface area (Å²) in [6.45, 7) is 1.71. The number of hydrogen-bond donors (Lipinski definition) is 2. The van der Waals surface area contributed by atoms with E-state index in [1.807, 2.05) is 6.07 Å². The molecule has 1 aliphatic rings. The molecule has 0 aromatic carbocycles. The second kappa shape index (κ2) is 5.34. The number of aliphatic hydroxyl groups is 1. The van der Waals surface area contributed by atoms with Crippen LogP contribution in [0.15, 0.2) is 12.3 Å². The van der Waals surface area contributed by atoms with Gasteiger partial charge in [-0.05, 0) is 18.9 Å². The quantitative estimate of drug-likeness (QED) is 0.773. The summed E-state index contributed by atoms with van der Waals surface area (Å²) in [4.78, 5) is 8.40. The lowest BCUT2D eigenvalue weighted by Crippen LogP contribution is -2.18. The van der Waals surface area contributed by atoms with Crippen LogP contribution in [-0.2, 0) is 4.74 Å². The van der Waals surface area contributed by atoms with Crippen LogP contribution >= 0.6 is 0 Å². The topological polar surface area (TPSA) is 81.3 Å². The molecule has 0 amide bonds. The molecular weight excluding hydrogens is 206 g/mol. The van der Waals surface area contributed by atoms with Crippen LogP contribution in [0.1, 0.15) is 36.4 Å². The monoisotopic (exact) mass is 223 g/mol. The zero-order valence-electron chi connectivity index (χ0n) is 9.17. The Morgan fingerprint density at radius 3 is 2.94 bits per heavy atom. The molecule has 0 radical (unpaired) electrons.